The Morgan fingerprint density at radius 1 is 1.16 bits per heavy atom. The highest BCUT2D eigenvalue weighted by molar-refractivity contribution is 5.75. The van der Waals surface area contributed by atoms with Crippen molar-refractivity contribution in [3.8, 4) is 0 Å². The first-order valence-corrected chi connectivity index (χ1v) is 6.99. The second-order valence-electron chi connectivity index (χ2n) is 5.81. The van der Waals surface area contributed by atoms with Crippen molar-refractivity contribution in [2.75, 3.05) is 20.1 Å². The Kier molecular flexibility index (Phi) is 6.57. The van der Waals surface area contributed by atoms with Crippen LogP contribution in [0.1, 0.15) is 32.3 Å². The second-order valence-corrected chi connectivity index (χ2v) is 5.81. The molecular weight excluding hydrogens is 236 g/mol. The lowest BCUT2D eigenvalue weighted by atomic mass is 9.93. The molecule has 106 valence electrons. The Labute approximate surface area is 116 Å². The Morgan fingerprint density at radius 3 is 2.47 bits per heavy atom. The Morgan fingerprint density at radius 2 is 1.84 bits per heavy atom. The molecule has 0 aliphatic carbocycles. The number of hydrogen-bond acceptors (Lipinski definition) is 2. The van der Waals surface area contributed by atoms with Crippen LogP contribution >= 0.6 is 0 Å². The average molecular weight is 262 g/mol. The van der Waals surface area contributed by atoms with E-state index in [1.807, 2.05) is 25.2 Å². The van der Waals surface area contributed by atoms with Crippen LogP contribution in [0, 0.1) is 5.41 Å². The molecule has 0 unspecified atom stereocenters. The molecule has 1 aromatic carbocycles. The molecule has 0 saturated heterocycles. The lowest BCUT2D eigenvalue weighted by Gasteiger charge is -2.24. The zero-order valence-electron chi connectivity index (χ0n) is 12.3. The molecule has 1 amide bonds. The zero-order chi connectivity index (χ0) is 14.1. The summed E-state index contributed by atoms with van der Waals surface area (Å²) in [5.74, 6) is 0.153. The van der Waals surface area contributed by atoms with Crippen LogP contribution in [-0.4, -0.2) is 26.0 Å². The van der Waals surface area contributed by atoms with Crippen LogP contribution in [0.5, 0.6) is 0 Å². The number of nitrogens with one attached hydrogen (secondary N) is 2. The number of aryl methyl sites for hydroxylation is 1. The van der Waals surface area contributed by atoms with E-state index in [1.54, 1.807) is 0 Å². The molecular formula is C16H26N2O. The normalized spacial score (nSPS) is 11.3. The molecule has 0 atom stereocenters. The highest BCUT2D eigenvalue weighted by Gasteiger charge is 2.17. The molecule has 1 rings (SSSR count). The van der Waals surface area contributed by atoms with Crippen LogP contribution in [0.25, 0.3) is 0 Å². The number of benzene rings is 1. The summed E-state index contributed by atoms with van der Waals surface area (Å²) in [6.07, 6.45) is 2.47. The molecule has 0 aromatic heterocycles. The van der Waals surface area contributed by atoms with Gasteiger partial charge in [0.2, 0.25) is 5.91 Å². The zero-order valence-corrected chi connectivity index (χ0v) is 12.3. The maximum Gasteiger partial charge on any atom is 0.220 e. The van der Waals surface area contributed by atoms with E-state index in [-0.39, 0.29) is 11.3 Å². The van der Waals surface area contributed by atoms with Gasteiger partial charge in [-0.25, -0.2) is 0 Å². The second kappa shape index (κ2) is 7.95. The first-order chi connectivity index (χ1) is 9.03. The van der Waals surface area contributed by atoms with Gasteiger partial charge in [0.25, 0.3) is 0 Å². The Hall–Kier alpha value is -1.35. The predicted molar refractivity (Wildman–Crippen MR) is 80.1 cm³/mol. The number of rotatable bonds is 8. The Balaban J connectivity index is 2.18. The van der Waals surface area contributed by atoms with Gasteiger partial charge >= 0.3 is 0 Å². The van der Waals surface area contributed by atoms with Crippen molar-refractivity contribution < 1.29 is 4.79 Å². The summed E-state index contributed by atoms with van der Waals surface area (Å²) in [7, 11) is 1.93. The smallest absolute Gasteiger partial charge is 0.220 e. The quantitative estimate of drug-likeness (QED) is 0.755. The SMILES string of the molecule is CNCC(C)(C)CNC(=O)CCCc1ccccc1. The highest BCUT2D eigenvalue weighted by Crippen LogP contribution is 2.11. The summed E-state index contributed by atoms with van der Waals surface area (Å²) in [5.41, 5.74) is 1.40. The van der Waals surface area contributed by atoms with Crippen molar-refractivity contribution in [3.63, 3.8) is 0 Å². The van der Waals surface area contributed by atoms with E-state index in [9.17, 15) is 4.79 Å². The first kappa shape index (κ1) is 15.7. The largest absolute Gasteiger partial charge is 0.356 e. The number of carbonyl (C=O) groups is 1. The summed E-state index contributed by atoms with van der Waals surface area (Å²) in [6.45, 7) is 5.91. The standard InChI is InChI=1S/C16H26N2O/c1-16(2,12-17-3)13-18-15(19)11-7-10-14-8-5-4-6-9-14/h4-6,8-9,17H,7,10-13H2,1-3H3,(H,18,19). The van der Waals surface area contributed by atoms with Crippen LogP contribution < -0.4 is 10.6 Å². The maximum absolute atomic E-state index is 11.8. The van der Waals surface area contributed by atoms with Crippen molar-refractivity contribution in [1.29, 1.82) is 0 Å². The van der Waals surface area contributed by atoms with Gasteiger partial charge < -0.3 is 10.6 Å². The maximum atomic E-state index is 11.8. The van der Waals surface area contributed by atoms with Crippen molar-refractivity contribution in [3.05, 3.63) is 35.9 Å². The van der Waals surface area contributed by atoms with Crippen molar-refractivity contribution in [2.45, 2.75) is 33.1 Å². The molecule has 3 nitrogen and oxygen atoms in total. The number of carbonyl (C=O) groups excluding carboxylic acids is 1. The fraction of sp³-hybridized carbons (Fsp3) is 0.562. The molecule has 0 aliphatic rings. The van der Waals surface area contributed by atoms with Gasteiger partial charge in [-0.05, 0) is 30.9 Å². The molecule has 0 heterocycles. The van der Waals surface area contributed by atoms with E-state index < -0.39 is 0 Å². The third kappa shape index (κ3) is 6.97. The van der Waals surface area contributed by atoms with Gasteiger partial charge in [-0.3, -0.25) is 4.79 Å². The van der Waals surface area contributed by atoms with Crippen LogP contribution in [0.3, 0.4) is 0 Å². The highest BCUT2D eigenvalue weighted by atomic mass is 16.1. The fourth-order valence-corrected chi connectivity index (χ4v) is 2.07. The fourth-order valence-electron chi connectivity index (χ4n) is 2.07. The lowest BCUT2D eigenvalue weighted by Crippen LogP contribution is -2.39. The van der Waals surface area contributed by atoms with Gasteiger partial charge in [0.05, 0.1) is 0 Å². The van der Waals surface area contributed by atoms with Gasteiger partial charge in [-0.2, -0.15) is 0 Å². The summed E-state index contributed by atoms with van der Waals surface area (Å²) < 4.78 is 0. The predicted octanol–water partition coefficient (Wildman–Crippen LogP) is 2.37. The van der Waals surface area contributed by atoms with E-state index in [0.717, 1.165) is 25.9 Å². The topological polar surface area (TPSA) is 41.1 Å². The van der Waals surface area contributed by atoms with Gasteiger partial charge in [0, 0.05) is 19.5 Å². The monoisotopic (exact) mass is 262 g/mol. The lowest BCUT2D eigenvalue weighted by molar-refractivity contribution is -0.121. The molecule has 0 radical (unpaired) electrons. The van der Waals surface area contributed by atoms with Crippen molar-refractivity contribution >= 4 is 5.91 Å². The van der Waals surface area contributed by atoms with E-state index in [0.29, 0.717) is 6.42 Å². The molecule has 0 saturated carbocycles. The van der Waals surface area contributed by atoms with E-state index in [1.165, 1.54) is 5.56 Å². The van der Waals surface area contributed by atoms with Gasteiger partial charge in [-0.15, -0.1) is 0 Å². The summed E-state index contributed by atoms with van der Waals surface area (Å²) in [5, 5.41) is 6.16. The number of amides is 1. The molecule has 2 N–H and O–H groups in total. The van der Waals surface area contributed by atoms with Gasteiger partial charge in [0.15, 0.2) is 0 Å². The number of hydrogen-bond donors (Lipinski definition) is 2. The molecule has 3 heteroatoms. The van der Waals surface area contributed by atoms with E-state index in [2.05, 4.69) is 36.6 Å². The minimum Gasteiger partial charge on any atom is -0.356 e. The third-order valence-electron chi connectivity index (χ3n) is 3.13. The van der Waals surface area contributed by atoms with Crippen LogP contribution in [0.15, 0.2) is 30.3 Å². The molecule has 0 bridgehead atoms. The molecule has 19 heavy (non-hydrogen) atoms. The van der Waals surface area contributed by atoms with Crippen molar-refractivity contribution in [1.82, 2.24) is 10.6 Å². The van der Waals surface area contributed by atoms with Crippen LogP contribution in [-0.2, 0) is 11.2 Å². The van der Waals surface area contributed by atoms with Crippen LogP contribution in [0.4, 0.5) is 0 Å². The van der Waals surface area contributed by atoms with Crippen molar-refractivity contribution in [2.24, 2.45) is 5.41 Å². The molecule has 0 fully saturated rings. The third-order valence-corrected chi connectivity index (χ3v) is 3.13. The minimum atomic E-state index is 0.101. The van der Waals surface area contributed by atoms with Gasteiger partial charge in [0.1, 0.15) is 0 Å². The summed E-state index contributed by atoms with van der Waals surface area (Å²) >= 11 is 0. The molecule has 1 aromatic rings. The van der Waals surface area contributed by atoms with E-state index >= 15 is 0 Å². The molecule has 0 aliphatic heterocycles. The molecule has 0 spiro atoms. The minimum absolute atomic E-state index is 0.101. The average Bonchev–Trinajstić information content (AvgIpc) is 2.38. The first-order valence-electron chi connectivity index (χ1n) is 6.99. The summed E-state index contributed by atoms with van der Waals surface area (Å²) in [4.78, 5) is 11.8. The summed E-state index contributed by atoms with van der Waals surface area (Å²) in [6, 6.07) is 10.3. The Bertz CT molecular complexity index is 374. The van der Waals surface area contributed by atoms with E-state index in [4.69, 9.17) is 0 Å². The van der Waals surface area contributed by atoms with Crippen LogP contribution in [0.2, 0.25) is 0 Å². The van der Waals surface area contributed by atoms with Gasteiger partial charge in [-0.1, -0.05) is 44.2 Å².